The van der Waals surface area contributed by atoms with E-state index >= 15 is 0 Å². The van der Waals surface area contributed by atoms with Crippen LogP contribution in [0.1, 0.15) is 22.7 Å². The fraction of sp³-hybridized carbons (Fsp3) is 0.273. The van der Waals surface area contributed by atoms with Gasteiger partial charge in [0.05, 0.1) is 25.3 Å². The zero-order valence-corrected chi connectivity index (χ0v) is 16.1. The van der Waals surface area contributed by atoms with Crippen molar-refractivity contribution in [2.24, 2.45) is 0 Å². The van der Waals surface area contributed by atoms with Gasteiger partial charge in [-0.2, -0.15) is 0 Å². The molecule has 1 N–H and O–H groups in total. The number of aliphatic hydroxyl groups excluding tert-OH is 1. The fourth-order valence-electron chi connectivity index (χ4n) is 3.46. The van der Waals surface area contributed by atoms with Crippen LogP contribution in [-0.2, 0) is 14.3 Å². The summed E-state index contributed by atoms with van der Waals surface area (Å²) in [7, 11) is 3.10. The molecule has 1 amide bonds. The minimum Gasteiger partial charge on any atom is -0.507 e. The van der Waals surface area contributed by atoms with E-state index in [9.17, 15) is 14.7 Å². The van der Waals surface area contributed by atoms with Gasteiger partial charge in [0, 0.05) is 19.2 Å². The normalized spacial score (nSPS) is 18.5. The van der Waals surface area contributed by atoms with E-state index in [2.05, 4.69) is 0 Å². The Hall–Kier alpha value is -3.12. The third-order valence-corrected chi connectivity index (χ3v) is 4.88. The van der Waals surface area contributed by atoms with Gasteiger partial charge in [-0.05, 0) is 36.2 Å². The van der Waals surface area contributed by atoms with Crippen molar-refractivity contribution in [2.45, 2.75) is 13.0 Å². The number of ether oxygens (including phenoxy) is 2. The van der Waals surface area contributed by atoms with Gasteiger partial charge < -0.3 is 19.5 Å². The number of likely N-dealkylation sites (tertiary alicyclic amines) is 1. The maximum atomic E-state index is 12.8. The second kappa shape index (κ2) is 8.27. The van der Waals surface area contributed by atoms with Crippen molar-refractivity contribution in [1.29, 1.82) is 0 Å². The van der Waals surface area contributed by atoms with E-state index in [1.165, 1.54) is 12.0 Å². The molecule has 1 fully saturated rings. The van der Waals surface area contributed by atoms with E-state index in [-0.39, 0.29) is 24.5 Å². The molecule has 6 heteroatoms. The summed E-state index contributed by atoms with van der Waals surface area (Å²) in [5.74, 6) is -0.877. The molecular formula is C22H23NO5. The molecule has 0 bridgehead atoms. The van der Waals surface area contributed by atoms with Crippen LogP contribution in [-0.4, -0.2) is 49.1 Å². The van der Waals surface area contributed by atoms with Gasteiger partial charge in [-0.3, -0.25) is 9.59 Å². The van der Waals surface area contributed by atoms with Gasteiger partial charge >= 0.3 is 0 Å². The fourth-order valence-corrected chi connectivity index (χ4v) is 3.46. The SMILES string of the molecule is COCCN1C(=O)C(=O)/C(=C(/O)c2ccc(OC)cc2C)[C@H]1c1ccccc1. The van der Waals surface area contributed by atoms with E-state index < -0.39 is 17.7 Å². The number of aliphatic hydroxyl groups is 1. The lowest BCUT2D eigenvalue weighted by atomic mass is 9.94. The number of methoxy groups -OCH3 is 2. The Labute approximate surface area is 164 Å². The molecule has 6 nitrogen and oxygen atoms in total. The van der Waals surface area contributed by atoms with Crippen molar-refractivity contribution in [1.82, 2.24) is 4.90 Å². The average Bonchev–Trinajstić information content (AvgIpc) is 2.97. The Balaban J connectivity index is 2.16. The average molecular weight is 381 g/mol. The van der Waals surface area contributed by atoms with Gasteiger partial charge in [-0.25, -0.2) is 0 Å². The summed E-state index contributed by atoms with van der Waals surface area (Å²) in [5, 5.41) is 11.0. The number of hydrogen-bond acceptors (Lipinski definition) is 5. The number of rotatable bonds is 6. The smallest absolute Gasteiger partial charge is 0.295 e. The number of nitrogens with zero attached hydrogens (tertiary/aromatic N) is 1. The molecule has 0 unspecified atom stereocenters. The number of carbonyl (C=O) groups excluding carboxylic acids is 2. The minimum atomic E-state index is -0.697. The van der Waals surface area contributed by atoms with Crippen LogP contribution in [0.15, 0.2) is 54.1 Å². The first-order valence-electron chi connectivity index (χ1n) is 8.97. The standard InChI is InChI=1S/C22H23NO5/c1-14-13-16(28-3)9-10-17(14)20(24)18-19(15-7-5-4-6-8-15)23(11-12-27-2)22(26)21(18)25/h4-10,13,19,24H,11-12H2,1-3H3/b20-18+/t19-/m1/s1. The summed E-state index contributed by atoms with van der Waals surface area (Å²) in [6.45, 7) is 2.35. The van der Waals surface area contributed by atoms with Crippen LogP contribution >= 0.6 is 0 Å². The lowest BCUT2D eigenvalue weighted by Crippen LogP contribution is -2.32. The molecule has 0 radical (unpaired) electrons. The highest BCUT2D eigenvalue weighted by Gasteiger charge is 2.45. The molecule has 0 aromatic heterocycles. The summed E-state index contributed by atoms with van der Waals surface area (Å²) < 4.78 is 10.3. The number of hydrogen-bond donors (Lipinski definition) is 1. The van der Waals surface area contributed by atoms with Gasteiger partial charge in [-0.1, -0.05) is 30.3 Å². The van der Waals surface area contributed by atoms with Crippen molar-refractivity contribution in [3.8, 4) is 5.75 Å². The molecule has 28 heavy (non-hydrogen) atoms. The molecular weight excluding hydrogens is 358 g/mol. The first-order chi connectivity index (χ1) is 13.5. The molecule has 2 aromatic rings. The summed E-state index contributed by atoms with van der Waals surface area (Å²) in [6, 6.07) is 13.7. The van der Waals surface area contributed by atoms with E-state index in [1.807, 2.05) is 37.3 Å². The van der Waals surface area contributed by atoms with Crippen LogP contribution in [0.5, 0.6) is 5.75 Å². The molecule has 146 valence electrons. The van der Waals surface area contributed by atoms with Crippen LogP contribution in [0.25, 0.3) is 5.76 Å². The monoisotopic (exact) mass is 381 g/mol. The first-order valence-corrected chi connectivity index (χ1v) is 8.97. The van der Waals surface area contributed by atoms with Crippen LogP contribution in [0.4, 0.5) is 0 Å². The zero-order valence-electron chi connectivity index (χ0n) is 16.1. The second-order valence-corrected chi connectivity index (χ2v) is 6.58. The zero-order chi connectivity index (χ0) is 20.3. The third-order valence-electron chi connectivity index (χ3n) is 4.88. The summed E-state index contributed by atoms with van der Waals surface area (Å²) in [4.78, 5) is 27.0. The largest absolute Gasteiger partial charge is 0.507 e. The van der Waals surface area contributed by atoms with Crippen molar-refractivity contribution in [2.75, 3.05) is 27.4 Å². The van der Waals surface area contributed by atoms with Crippen LogP contribution in [0.3, 0.4) is 0 Å². The topological polar surface area (TPSA) is 76.1 Å². The van der Waals surface area contributed by atoms with Crippen molar-refractivity contribution < 1.29 is 24.2 Å². The van der Waals surface area contributed by atoms with Crippen LogP contribution in [0, 0.1) is 6.92 Å². The second-order valence-electron chi connectivity index (χ2n) is 6.58. The molecule has 1 heterocycles. The molecule has 0 spiro atoms. The van der Waals surface area contributed by atoms with Gasteiger partial charge in [0.1, 0.15) is 11.5 Å². The third kappa shape index (κ3) is 3.51. The molecule has 2 aromatic carbocycles. The number of amides is 1. The van der Waals surface area contributed by atoms with Gasteiger partial charge in [0.2, 0.25) is 0 Å². The molecule has 0 saturated carbocycles. The lowest BCUT2D eigenvalue weighted by molar-refractivity contribution is -0.140. The molecule has 0 aliphatic carbocycles. The van der Waals surface area contributed by atoms with Gasteiger partial charge in [-0.15, -0.1) is 0 Å². The Morgan fingerprint density at radius 3 is 2.43 bits per heavy atom. The highest BCUT2D eigenvalue weighted by molar-refractivity contribution is 6.46. The van der Waals surface area contributed by atoms with Crippen LogP contribution < -0.4 is 4.74 Å². The Morgan fingerprint density at radius 1 is 1.11 bits per heavy atom. The summed E-state index contributed by atoms with van der Waals surface area (Å²) >= 11 is 0. The van der Waals surface area contributed by atoms with Crippen LogP contribution in [0.2, 0.25) is 0 Å². The molecule has 3 rings (SSSR count). The predicted molar refractivity (Wildman–Crippen MR) is 105 cm³/mol. The maximum Gasteiger partial charge on any atom is 0.295 e. The summed E-state index contributed by atoms with van der Waals surface area (Å²) in [6.07, 6.45) is 0. The van der Waals surface area contributed by atoms with E-state index in [1.54, 1.807) is 25.3 Å². The first kappa shape index (κ1) is 19.6. The van der Waals surface area contributed by atoms with E-state index in [4.69, 9.17) is 9.47 Å². The minimum absolute atomic E-state index is 0.0839. The number of ketones is 1. The summed E-state index contributed by atoms with van der Waals surface area (Å²) in [5.41, 5.74) is 2.07. The number of carbonyl (C=O) groups is 2. The number of aryl methyl sites for hydroxylation is 1. The van der Waals surface area contributed by atoms with E-state index in [0.717, 1.165) is 11.1 Å². The van der Waals surface area contributed by atoms with Crippen molar-refractivity contribution >= 4 is 17.4 Å². The Kier molecular flexibility index (Phi) is 5.80. The van der Waals surface area contributed by atoms with Crippen molar-refractivity contribution in [3.63, 3.8) is 0 Å². The highest BCUT2D eigenvalue weighted by atomic mass is 16.5. The molecule has 1 aliphatic heterocycles. The van der Waals surface area contributed by atoms with Gasteiger partial charge in [0.25, 0.3) is 11.7 Å². The maximum absolute atomic E-state index is 12.8. The number of Topliss-reactive ketones (excluding diaryl/α,β-unsaturated/α-hetero) is 1. The highest BCUT2D eigenvalue weighted by Crippen LogP contribution is 2.39. The Bertz CT molecular complexity index is 920. The molecule has 1 saturated heterocycles. The predicted octanol–water partition coefficient (Wildman–Crippen LogP) is 3.07. The Morgan fingerprint density at radius 2 is 1.82 bits per heavy atom. The lowest BCUT2D eigenvalue weighted by Gasteiger charge is -2.25. The molecule has 1 aliphatic rings. The van der Waals surface area contributed by atoms with Crippen molar-refractivity contribution in [3.05, 3.63) is 70.8 Å². The van der Waals surface area contributed by atoms with E-state index in [0.29, 0.717) is 11.3 Å². The molecule has 1 atom stereocenters. The number of benzene rings is 2. The van der Waals surface area contributed by atoms with Gasteiger partial charge in [0.15, 0.2) is 0 Å². The quantitative estimate of drug-likeness (QED) is 0.473.